The van der Waals surface area contributed by atoms with Crippen LogP contribution in [0.2, 0.25) is 0 Å². The Kier molecular flexibility index (Phi) is 4.63. The molecule has 0 radical (unpaired) electrons. The van der Waals surface area contributed by atoms with Gasteiger partial charge in [-0.2, -0.15) is 5.10 Å². The summed E-state index contributed by atoms with van der Waals surface area (Å²) in [4.78, 5) is 2.56. The van der Waals surface area contributed by atoms with Crippen LogP contribution in [0, 0.1) is 5.92 Å². The van der Waals surface area contributed by atoms with Gasteiger partial charge < -0.3 is 5.73 Å². The summed E-state index contributed by atoms with van der Waals surface area (Å²) in [5.41, 5.74) is 7.30. The number of likely N-dealkylation sites (tertiary alicyclic amines) is 1. The fourth-order valence-corrected chi connectivity index (χ4v) is 3.16. The standard InChI is InChI=1S/C15H28N4/c1-11(2)19-10-14(9-17-19)15(8-16)18-6-5-12(3)7-13(18)4/h9-13,15H,5-8,16H2,1-4H3. The summed E-state index contributed by atoms with van der Waals surface area (Å²) >= 11 is 0. The molecule has 1 aromatic heterocycles. The average Bonchev–Trinajstić information content (AvgIpc) is 2.82. The van der Waals surface area contributed by atoms with Gasteiger partial charge in [-0.3, -0.25) is 9.58 Å². The molecule has 3 atom stereocenters. The van der Waals surface area contributed by atoms with E-state index in [-0.39, 0.29) is 0 Å². The molecule has 1 aliphatic rings. The van der Waals surface area contributed by atoms with E-state index in [0.29, 0.717) is 24.7 Å². The summed E-state index contributed by atoms with van der Waals surface area (Å²) in [6.45, 7) is 10.8. The van der Waals surface area contributed by atoms with E-state index in [4.69, 9.17) is 5.73 Å². The van der Waals surface area contributed by atoms with Gasteiger partial charge in [-0.15, -0.1) is 0 Å². The molecule has 19 heavy (non-hydrogen) atoms. The summed E-state index contributed by atoms with van der Waals surface area (Å²) < 4.78 is 2.02. The summed E-state index contributed by atoms with van der Waals surface area (Å²) in [5.74, 6) is 0.836. The van der Waals surface area contributed by atoms with E-state index in [1.54, 1.807) is 0 Å². The second-order valence-corrected chi connectivity index (χ2v) is 6.32. The molecule has 0 aromatic carbocycles. The third-order valence-electron chi connectivity index (χ3n) is 4.35. The Bertz CT molecular complexity index is 399. The first-order valence-electron chi connectivity index (χ1n) is 7.52. The topological polar surface area (TPSA) is 47.1 Å². The van der Waals surface area contributed by atoms with E-state index in [0.717, 1.165) is 12.5 Å². The fourth-order valence-electron chi connectivity index (χ4n) is 3.16. The zero-order valence-corrected chi connectivity index (χ0v) is 12.7. The van der Waals surface area contributed by atoms with Crippen LogP contribution in [0.3, 0.4) is 0 Å². The maximum absolute atomic E-state index is 6.04. The SMILES string of the molecule is CC1CCN(C(CN)c2cnn(C(C)C)c2)C(C)C1. The average molecular weight is 264 g/mol. The highest BCUT2D eigenvalue weighted by Gasteiger charge is 2.29. The number of nitrogens with two attached hydrogens (primary N) is 1. The lowest BCUT2D eigenvalue weighted by Crippen LogP contribution is -2.44. The van der Waals surface area contributed by atoms with Gasteiger partial charge in [-0.25, -0.2) is 0 Å². The zero-order valence-electron chi connectivity index (χ0n) is 12.7. The van der Waals surface area contributed by atoms with Crippen LogP contribution in [-0.4, -0.2) is 33.8 Å². The Labute approximate surface area is 117 Å². The predicted octanol–water partition coefficient (Wildman–Crippen LogP) is 2.58. The minimum absolute atomic E-state index is 0.315. The Morgan fingerprint density at radius 2 is 2.16 bits per heavy atom. The molecule has 1 aliphatic heterocycles. The second-order valence-electron chi connectivity index (χ2n) is 6.32. The molecule has 1 saturated heterocycles. The molecule has 2 N–H and O–H groups in total. The van der Waals surface area contributed by atoms with Crippen LogP contribution in [0.5, 0.6) is 0 Å². The maximum Gasteiger partial charge on any atom is 0.0538 e. The summed E-state index contributed by atoms with van der Waals surface area (Å²) in [7, 11) is 0. The first-order valence-corrected chi connectivity index (χ1v) is 7.52. The van der Waals surface area contributed by atoms with E-state index >= 15 is 0 Å². The van der Waals surface area contributed by atoms with Crippen LogP contribution < -0.4 is 5.73 Å². The van der Waals surface area contributed by atoms with Gasteiger partial charge in [0.1, 0.15) is 0 Å². The number of piperidine rings is 1. The zero-order chi connectivity index (χ0) is 14.0. The third kappa shape index (κ3) is 3.18. The van der Waals surface area contributed by atoms with Crippen molar-refractivity contribution in [2.45, 2.75) is 58.7 Å². The van der Waals surface area contributed by atoms with Crippen LogP contribution >= 0.6 is 0 Å². The van der Waals surface area contributed by atoms with Gasteiger partial charge in [0.15, 0.2) is 0 Å². The molecule has 4 heteroatoms. The molecule has 0 saturated carbocycles. The Balaban J connectivity index is 2.14. The first kappa shape index (κ1) is 14.5. The lowest BCUT2D eigenvalue weighted by atomic mass is 9.91. The van der Waals surface area contributed by atoms with E-state index < -0.39 is 0 Å². The van der Waals surface area contributed by atoms with E-state index in [2.05, 4.69) is 43.9 Å². The van der Waals surface area contributed by atoms with Gasteiger partial charge in [0.2, 0.25) is 0 Å². The number of hydrogen-bond donors (Lipinski definition) is 1. The first-order chi connectivity index (χ1) is 9.02. The lowest BCUT2D eigenvalue weighted by molar-refractivity contribution is 0.0847. The molecule has 2 heterocycles. The van der Waals surface area contributed by atoms with Gasteiger partial charge in [-0.05, 0) is 46.1 Å². The van der Waals surface area contributed by atoms with Crippen molar-refractivity contribution < 1.29 is 0 Å². The van der Waals surface area contributed by atoms with Gasteiger partial charge in [0.25, 0.3) is 0 Å². The van der Waals surface area contributed by atoms with E-state index in [9.17, 15) is 0 Å². The van der Waals surface area contributed by atoms with Gasteiger partial charge in [-0.1, -0.05) is 6.92 Å². The van der Waals surface area contributed by atoms with Gasteiger partial charge in [0, 0.05) is 30.4 Å². The van der Waals surface area contributed by atoms with Crippen LogP contribution in [0.25, 0.3) is 0 Å². The van der Waals surface area contributed by atoms with Crippen molar-refractivity contribution in [2.24, 2.45) is 11.7 Å². The van der Waals surface area contributed by atoms with E-state index in [1.165, 1.54) is 18.4 Å². The molecule has 0 bridgehead atoms. The Hall–Kier alpha value is -0.870. The van der Waals surface area contributed by atoms with Crippen molar-refractivity contribution in [3.05, 3.63) is 18.0 Å². The molecule has 1 fully saturated rings. The molecule has 1 aromatic rings. The van der Waals surface area contributed by atoms with Crippen LogP contribution in [-0.2, 0) is 0 Å². The molecular weight excluding hydrogens is 236 g/mol. The molecule has 3 unspecified atom stereocenters. The van der Waals surface area contributed by atoms with E-state index in [1.807, 2.05) is 10.9 Å². The summed E-state index contributed by atoms with van der Waals surface area (Å²) in [6, 6.07) is 1.33. The quantitative estimate of drug-likeness (QED) is 0.909. The van der Waals surface area contributed by atoms with Crippen molar-refractivity contribution >= 4 is 0 Å². The predicted molar refractivity (Wildman–Crippen MR) is 79.0 cm³/mol. The smallest absolute Gasteiger partial charge is 0.0538 e. The fraction of sp³-hybridized carbons (Fsp3) is 0.800. The molecular formula is C15H28N4. The van der Waals surface area contributed by atoms with Gasteiger partial charge >= 0.3 is 0 Å². The summed E-state index contributed by atoms with van der Waals surface area (Å²) in [6.07, 6.45) is 6.70. The van der Waals surface area contributed by atoms with Crippen molar-refractivity contribution in [1.29, 1.82) is 0 Å². The maximum atomic E-state index is 6.04. The van der Waals surface area contributed by atoms with Crippen molar-refractivity contribution in [2.75, 3.05) is 13.1 Å². The highest BCUT2D eigenvalue weighted by Crippen LogP contribution is 2.30. The van der Waals surface area contributed by atoms with Crippen LogP contribution in [0.4, 0.5) is 0 Å². The summed E-state index contributed by atoms with van der Waals surface area (Å²) in [5, 5.41) is 4.45. The van der Waals surface area contributed by atoms with Gasteiger partial charge in [0.05, 0.1) is 12.2 Å². The molecule has 0 spiro atoms. The molecule has 4 nitrogen and oxygen atoms in total. The van der Waals surface area contributed by atoms with Crippen molar-refractivity contribution in [1.82, 2.24) is 14.7 Å². The lowest BCUT2D eigenvalue weighted by Gasteiger charge is -2.41. The highest BCUT2D eigenvalue weighted by atomic mass is 15.3. The normalized spacial score (nSPS) is 26.8. The minimum Gasteiger partial charge on any atom is -0.329 e. The number of hydrogen-bond acceptors (Lipinski definition) is 3. The van der Waals surface area contributed by atoms with Crippen LogP contribution in [0.1, 0.15) is 58.2 Å². The highest BCUT2D eigenvalue weighted by molar-refractivity contribution is 5.12. The van der Waals surface area contributed by atoms with Crippen LogP contribution in [0.15, 0.2) is 12.4 Å². The molecule has 0 amide bonds. The Morgan fingerprint density at radius 1 is 1.42 bits per heavy atom. The largest absolute Gasteiger partial charge is 0.329 e. The Morgan fingerprint density at radius 3 is 2.68 bits per heavy atom. The number of rotatable bonds is 4. The molecule has 108 valence electrons. The minimum atomic E-state index is 0.315. The van der Waals surface area contributed by atoms with Crippen molar-refractivity contribution in [3.8, 4) is 0 Å². The molecule has 2 rings (SSSR count). The van der Waals surface area contributed by atoms with Crippen molar-refractivity contribution in [3.63, 3.8) is 0 Å². The number of aromatic nitrogens is 2. The third-order valence-corrected chi connectivity index (χ3v) is 4.35. The number of nitrogens with zero attached hydrogens (tertiary/aromatic N) is 3. The monoisotopic (exact) mass is 264 g/mol. The second kappa shape index (κ2) is 6.06. The molecule has 0 aliphatic carbocycles.